The van der Waals surface area contributed by atoms with Gasteiger partial charge in [0.15, 0.2) is 5.13 Å². The normalized spacial score (nSPS) is 11.9. The second kappa shape index (κ2) is 8.67. The number of hydrogen-bond acceptors (Lipinski definition) is 6. The number of benzene rings is 2. The third-order valence-corrected chi connectivity index (χ3v) is 6.46. The number of nitrogens with one attached hydrogen (secondary N) is 1. The molecular formula is C25H26N2O4S. The lowest BCUT2D eigenvalue weighted by molar-refractivity contribution is -0.111. The van der Waals surface area contributed by atoms with Gasteiger partial charge in [-0.15, -0.1) is 0 Å². The summed E-state index contributed by atoms with van der Waals surface area (Å²) in [5.74, 6) is 2.13. The predicted molar refractivity (Wildman–Crippen MR) is 130 cm³/mol. The molecule has 7 heteroatoms. The van der Waals surface area contributed by atoms with E-state index in [9.17, 15) is 4.79 Å². The maximum Gasteiger partial charge on any atom is 0.250 e. The van der Waals surface area contributed by atoms with E-state index in [1.165, 1.54) is 11.3 Å². The number of nitrogens with zero attached hydrogens (tertiary/aromatic N) is 1. The standard InChI is InChI=1S/C25H26N2O4S/c1-7-30-17-8-9-20-21(11-17)32-25(26-20)27-22(28)10-13(2)18-12-19-14(3)16(5)31-24(19)15(4)23(18)29-6/h8-12H,7H2,1-6H3,(H,26,27,28)/b13-10+. The second-order valence-corrected chi connectivity index (χ2v) is 8.67. The Kier molecular flexibility index (Phi) is 5.93. The van der Waals surface area contributed by atoms with Crippen LogP contribution in [0.2, 0.25) is 0 Å². The van der Waals surface area contributed by atoms with Crippen LogP contribution in [0.5, 0.6) is 11.5 Å². The fraction of sp³-hybridized carbons (Fsp3) is 0.280. The Morgan fingerprint density at radius 3 is 2.72 bits per heavy atom. The fourth-order valence-electron chi connectivity index (χ4n) is 3.80. The van der Waals surface area contributed by atoms with Crippen LogP contribution in [-0.4, -0.2) is 24.6 Å². The number of aryl methyl sites for hydroxylation is 3. The van der Waals surface area contributed by atoms with Crippen LogP contribution in [0.1, 0.15) is 36.3 Å². The van der Waals surface area contributed by atoms with Crippen LogP contribution in [0.4, 0.5) is 5.13 Å². The summed E-state index contributed by atoms with van der Waals surface area (Å²) in [6, 6.07) is 7.74. The quantitative estimate of drug-likeness (QED) is 0.343. The summed E-state index contributed by atoms with van der Waals surface area (Å²) in [4.78, 5) is 17.3. The Morgan fingerprint density at radius 1 is 1.22 bits per heavy atom. The van der Waals surface area contributed by atoms with Crippen molar-refractivity contribution in [3.63, 3.8) is 0 Å². The summed E-state index contributed by atoms with van der Waals surface area (Å²) in [5, 5.41) is 4.45. The second-order valence-electron chi connectivity index (χ2n) is 7.64. The Bertz CT molecular complexity index is 1360. The summed E-state index contributed by atoms with van der Waals surface area (Å²) in [7, 11) is 1.63. The van der Waals surface area contributed by atoms with Crippen LogP contribution in [0.3, 0.4) is 0 Å². The Morgan fingerprint density at radius 2 is 2.00 bits per heavy atom. The van der Waals surface area contributed by atoms with Crippen molar-refractivity contribution in [1.29, 1.82) is 0 Å². The van der Waals surface area contributed by atoms with Gasteiger partial charge < -0.3 is 13.9 Å². The lowest BCUT2D eigenvalue weighted by atomic mass is 9.98. The molecule has 6 nitrogen and oxygen atoms in total. The minimum absolute atomic E-state index is 0.244. The van der Waals surface area contributed by atoms with Crippen molar-refractivity contribution in [2.24, 2.45) is 0 Å². The number of aromatic nitrogens is 1. The van der Waals surface area contributed by atoms with E-state index in [1.54, 1.807) is 13.2 Å². The Hall–Kier alpha value is -3.32. The van der Waals surface area contributed by atoms with Crippen LogP contribution >= 0.6 is 11.3 Å². The van der Waals surface area contributed by atoms with E-state index in [4.69, 9.17) is 13.9 Å². The highest BCUT2D eigenvalue weighted by Crippen LogP contribution is 2.38. The molecule has 0 aliphatic heterocycles. The van der Waals surface area contributed by atoms with Crippen LogP contribution in [-0.2, 0) is 4.79 Å². The summed E-state index contributed by atoms with van der Waals surface area (Å²) in [5.41, 5.74) is 5.30. The molecule has 0 radical (unpaired) electrons. The number of allylic oxidation sites excluding steroid dienone is 1. The van der Waals surface area contributed by atoms with Crippen molar-refractivity contribution in [2.75, 3.05) is 19.0 Å². The maximum atomic E-state index is 12.8. The predicted octanol–water partition coefficient (Wildman–Crippen LogP) is 6.42. The number of carbonyl (C=O) groups excluding carboxylic acids is 1. The number of rotatable bonds is 6. The Balaban J connectivity index is 1.64. The number of methoxy groups -OCH3 is 1. The zero-order valence-corrected chi connectivity index (χ0v) is 19.9. The number of fused-ring (bicyclic) bond motifs is 2. The molecule has 0 aliphatic rings. The molecule has 166 valence electrons. The van der Waals surface area contributed by atoms with Crippen molar-refractivity contribution < 1.29 is 18.7 Å². The largest absolute Gasteiger partial charge is 0.496 e. The molecule has 2 aromatic heterocycles. The Labute approximate surface area is 190 Å². The molecule has 0 unspecified atom stereocenters. The van der Waals surface area contributed by atoms with Crippen molar-refractivity contribution in [2.45, 2.75) is 34.6 Å². The van der Waals surface area contributed by atoms with Gasteiger partial charge in [-0.1, -0.05) is 11.3 Å². The molecule has 0 fully saturated rings. The highest BCUT2D eigenvalue weighted by molar-refractivity contribution is 7.22. The van der Waals surface area contributed by atoms with E-state index in [1.807, 2.05) is 58.9 Å². The van der Waals surface area contributed by atoms with Gasteiger partial charge in [-0.2, -0.15) is 0 Å². The van der Waals surface area contributed by atoms with Crippen LogP contribution in [0.15, 0.2) is 34.8 Å². The summed E-state index contributed by atoms with van der Waals surface area (Å²) >= 11 is 1.42. The van der Waals surface area contributed by atoms with Gasteiger partial charge in [0.1, 0.15) is 22.8 Å². The lowest BCUT2D eigenvalue weighted by Crippen LogP contribution is -2.08. The molecular weight excluding hydrogens is 424 g/mol. The van der Waals surface area contributed by atoms with Crippen LogP contribution in [0.25, 0.3) is 26.8 Å². The molecule has 0 spiro atoms. The van der Waals surface area contributed by atoms with Crippen LogP contribution in [0, 0.1) is 20.8 Å². The first kappa shape index (κ1) is 21.9. The van der Waals surface area contributed by atoms with Gasteiger partial charge in [0.25, 0.3) is 0 Å². The van der Waals surface area contributed by atoms with Crippen molar-refractivity contribution in [1.82, 2.24) is 4.98 Å². The third kappa shape index (κ3) is 3.96. The van der Waals surface area contributed by atoms with Gasteiger partial charge >= 0.3 is 0 Å². The monoisotopic (exact) mass is 450 g/mol. The summed E-state index contributed by atoms with van der Waals surface area (Å²) < 4.78 is 18.1. The van der Waals surface area contributed by atoms with Gasteiger partial charge in [-0.3, -0.25) is 10.1 Å². The highest BCUT2D eigenvalue weighted by atomic mass is 32.1. The molecule has 0 bridgehead atoms. The van der Waals surface area contributed by atoms with Crippen molar-refractivity contribution >= 4 is 49.1 Å². The molecule has 1 amide bonds. The number of thiazole rings is 1. The SMILES string of the molecule is CCOc1ccc2nc(NC(=O)/C=C(\C)c3cc4c(C)c(C)oc4c(C)c3OC)sc2c1. The zero-order valence-electron chi connectivity index (χ0n) is 19.1. The molecule has 2 aromatic carbocycles. The van der Waals surface area contributed by atoms with Gasteiger partial charge in [-0.05, 0) is 70.0 Å². The van der Waals surface area contributed by atoms with Crippen molar-refractivity contribution in [3.8, 4) is 11.5 Å². The first-order chi connectivity index (χ1) is 15.3. The van der Waals surface area contributed by atoms with Gasteiger partial charge in [-0.25, -0.2) is 4.98 Å². The number of ether oxygens (including phenoxy) is 2. The van der Waals surface area contributed by atoms with E-state index in [2.05, 4.69) is 10.3 Å². The molecule has 0 atom stereocenters. The molecule has 2 heterocycles. The smallest absolute Gasteiger partial charge is 0.250 e. The first-order valence-corrected chi connectivity index (χ1v) is 11.2. The summed E-state index contributed by atoms with van der Waals surface area (Å²) in [6.45, 7) is 10.4. The van der Waals surface area contributed by atoms with Gasteiger partial charge in [0.2, 0.25) is 5.91 Å². The maximum absolute atomic E-state index is 12.8. The lowest BCUT2D eigenvalue weighted by Gasteiger charge is -2.13. The molecule has 1 N–H and O–H groups in total. The average Bonchev–Trinajstić information content (AvgIpc) is 3.28. The highest BCUT2D eigenvalue weighted by Gasteiger charge is 2.18. The average molecular weight is 451 g/mol. The molecule has 4 aromatic rings. The minimum atomic E-state index is -0.244. The number of anilines is 1. The molecule has 0 saturated heterocycles. The van der Waals surface area contributed by atoms with E-state index in [-0.39, 0.29) is 5.91 Å². The molecule has 4 rings (SSSR count). The molecule has 0 aliphatic carbocycles. The van der Waals surface area contributed by atoms with Gasteiger partial charge in [0.05, 0.1) is 23.9 Å². The zero-order chi connectivity index (χ0) is 23.0. The van der Waals surface area contributed by atoms with Gasteiger partial charge in [0, 0.05) is 22.6 Å². The minimum Gasteiger partial charge on any atom is -0.496 e. The fourth-order valence-corrected chi connectivity index (χ4v) is 4.70. The number of hydrogen-bond donors (Lipinski definition) is 1. The van der Waals surface area contributed by atoms with E-state index < -0.39 is 0 Å². The topological polar surface area (TPSA) is 73.6 Å². The third-order valence-electron chi connectivity index (χ3n) is 5.52. The molecule has 0 saturated carbocycles. The number of carbonyl (C=O) groups is 1. The molecule has 32 heavy (non-hydrogen) atoms. The summed E-state index contributed by atoms with van der Waals surface area (Å²) in [6.07, 6.45) is 1.57. The van der Waals surface area contributed by atoms with E-state index >= 15 is 0 Å². The van der Waals surface area contributed by atoms with Crippen molar-refractivity contribution in [3.05, 3.63) is 52.8 Å². The number of furan rings is 1. The van der Waals surface area contributed by atoms with E-state index in [0.717, 1.165) is 55.0 Å². The van der Waals surface area contributed by atoms with E-state index in [0.29, 0.717) is 17.5 Å². The first-order valence-electron chi connectivity index (χ1n) is 10.4. The van der Waals surface area contributed by atoms with Crippen LogP contribution < -0.4 is 14.8 Å². The number of amides is 1.